The lowest BCUT2D eigenvalue weighted by Gasteiger charge is -2.16. The summed E-state index contributed by atoms with van der Waals surface area (Å²) in [6.45, 7) is 6.93. The molecule has 1 aromatic rings. The molecule has 0 aliphatic heterocycles. The van der Waals surface area contributed by atoms with Gasteiger partial charge in [0.2, 0.25) is 12.2 Å². The topological polar surface area (TPSA) is 41.2 Å². The van der Waals surface area contributed by atoms with Gasteiger partial charge in [-0.05, 0) is 13.1 Å². The van der Waals surface area contributed by atoms with Crippen LogP contribution in [0.1, 0.15) is 13.8 Å². The van der Waals surface area contributed by atoms with Crippen molar-refractivity contribution in [2.75, 3.05) is 19.6 Å². The fourth-order valence-electron chi connectivity index (χ4n) is 1.48. The van der Waals surface area contributed by atoms with Crippen molar-refractivity contribution in [3.63, 3.8) is 0 Å². The van der Waals surface area contributed by atoms with E-state index in [0.29, 0.717) is 13.2 Å². The highest BCUT2D eigenvalue weighted by Crippen LogP contribution is 1.86. The third-order valence-electron chi connectivity index (χ3n) is 2.54. The van der Waals surface area contributed by atoms with E-state index in [1.54, 1.807) is 0 Å². The molecule has 0 atom stereocenters. The van der Waals surface area contributed by atoms with Gasteiger partial charge < -0.3 is 5.32 Å². The highest BCUT2D eigenvalue weighted by Gasteiger charge is 2.07. The van der Waals surface area contributed by atoms with E-state index in [-0.39, 0.29) is 5.91 Å². The second-order valence-electron chi connectivity index (χ2n) is 3.81. The number of nitrogens with one attached hydrogen (secondary N) is 1. The van der Waals surface area contributed by atoms with Crippen LogP contribution < -0.4 is 9.88 Å². The summed E-state index contributed by atoms with van der Waals surface area (Å²) in [4.78, 5) is 13.7. The number of imidazole rings is 1. The third kappa shape index (κ3) is 4.02. The van der Waals surface area contributed by atoms with Crippen LogP contribution in [0.4, 0.5) is 0 Å². The Balaban J connectivity index is 2.30. The minimum absolute atomic E-state index is 0.0695. The molecule has 16 heavy (non-hydrogen) atoms. The van der Waals surface area contributed by atoms with Gasteiger partial charge in [0.05, 0.1) is 13.6 Å². The number of carbonyl (C=O) groups is 1. The number of rotatable bonds is 6. The summed E-state index contributed by atoms with van der Waals surface area (Å²) in [7, 11) is 1.95. The van der Waals surface area contributed by atoms with Crippen molar-refractivity contribution in [1.29, 1.82) is 0 Å². The molecule has 0 saturated carbocycles. The fraction of sp³-hybridized carbons (Fsp3) is 0.636. The standard InChI is InChI=1S/C11H20N4O/c1-4-14(5-2)8-11(16)12-9-15-7-6-13(3)10-15/h6-7,10H,4-5,8-9H2,1-3H3/p+1. The maximum atomic E-state index is 11.6. The predicted octanol–water partition coefficient (Wildman–Crippen LogP) is -0.272. The molecule has 90 valence electrons. The zero-order valence-corrected chi connectivity index (χ0v) is 10.3. The molecule has 1 heterocycles. The first-order valence-corrected chi connectivity index (χ1v) is 5.65. The van der Waals surface area contributed by atoms with Crippen molar-refractivity contribution in [2.45, 2.75) is 20.5 Å². The first kappa shape index (κ1) is 12.7. The highest BCUT2D eigenvalue weighted by atomic mass is 16.2. The number of hydrogen-bond donors (Lipinski definition) is 1. The molecular formula is C11H21N4O+. The minimum atomic E-state index is 0.0695. The molecule has 0 spiro atoms. The summed E-state index contributed by atoms with van der Waals surface area (Å²) in [5.41, 5.74) is 0. The number of amides is 1. The average molecular weight is 225 g/mol. The Kier molecular flexibility index (Phi) is 4.98. The molecule has 0 unspecified atom stereocenters. The smallest absolute Gasteiger partial charge is 0.245 e. The van der Waals surface area contributed by atoms with E-state index in [4.69, 9.17) is 0 Å². The number of nitrogens with zero attached hydrogens (tertiary/aromatic N) is 3. The van der Waals surface area contributed by atoms with Crippen molar-refractivity contribution < 1.29 is 9.36 Å². The van der Waals surface area contributed by atoms with E-state index in [1.807, 2.05) is 34.9 Å². The summed E-state index contributed by atoms with van der Waals surface area (Å²) >= 11 is 0. The van der Waals surface area contributed by atoms with Gasteiger partial charge in [-0.3, -0.25) is 9.69 Å². The van der Waals surface area contributed by atoms with Crippen LogP contribution in [-0.4, -0.2) is 35.0 Å². The molecule has 0 fully saturated rings. The van der Waals surface area contributed by atoms with Crippen LogP contribution in [0.15, 0.2) is 18.7 Å². The molecule has 0 aromatic carbocycles. The lowest BCUT2D eigenvalue weighted by Crippen LogP contribution is -2.37. The predicted molar refractivity (Wildman–Crippen MR) is 61.5 cm³/mol. The first-order valence-electron chi connectivity index (χ1n) is 5.65. The van der Waals surface area contributed by atoms with Crippen LogP contribution in [0.25, 0.3) is 0 Å². The zero-order valence-electron chi connectivity index (χ0n) is 10.3. The molecule has 0 saturated heterocycles. The zero-order chi connectivity index (χ0) is 12.0. The number of aryl methyl sites for hydroxylation is 1. The maximum absolute atomic E-state index is 11.6. The summed E-state index contributed by atoms with van der Waals surface area (Å²) in [6, 6.07) is 0. The van der Waals surface area contributed by atoms with Crippen LogP contribution >= 0.6 is 0 Å². The molecule has 1 aromatic heterocycles. The van der Waals surface area contributed by atoms with E-state index >= 15 is 0 Å². The SMILES string of the molecule is CCN(CC)CC(=O)NCn1cc[n+](C)c1. The molecule has 0 aliphatic rings. The van der Waals surface area contributed by atoms with Crippen LogP contribution in [0.2, 0.25) is 0 Å². The molecule has 5 nitrogen and oxygen atoms in total. The number of carbonyl (C=O) groups excluding carboxylic acids is 1. The van der Waals surface area contributed by atoms with Crippen molar-refractivity contribution in [1.82, 2.24) is 14.8 Å². The number of aromatic nitrogens is 2. The van der Waals surface area contributed by atoms with Crippen LogP contribution in [0, 0.1) is 0 Å². The molecule has 0 bridgehead atoms. The van der Waals surface area contributed by atoms with Crippen molar-refractivity contribution in [3.05, 3.63) is 18.7 Å². The highest BCUT2D eigenvalue weighted by molar-refractivity contribution is 5.77. The normalized spacial score (nSPS) is 10.8. The molecule has 0 aliphatic carbocycles. The van der Waals surface area contributed by atoms with Gasteiger partial charge in [0.1, 0.15) is 12.4 Å². The second kappa shape index (κ2) is 6.27. The van der Waals surface area contributed by atoms with Gasteiger partial charge in [-0.1, -0.05) is 13.8 Å². The van der Waals surface area contributed by atoms with E-state index < -0.39 is 0 Å². The minimum Gasteiger partial charge on any atom is -0.319 e. The second-order valence-corrected chi connectivity index (χ2v) is 3.81. The molecular weight excluding hydrogens is 204 g/mol. The Morgan fingerprint density at radius 3 is 2.62 bits per heavy atom. The summed E-state index contributed by atoms with van der Waals surface area (Å²) < 4.78 is 3.87. The lowest BCUT2D eigenvalue weighted by atomic mass is 10.4. The molecule has 1 amide bonds. The van der Waals surface area contributed by atoms with E-state index in [9.17, 15) is 4.79 Å². The largest absolute Gasteiger partial charge is 0.319 e. The molecule has 5 heteroatoms. The van der Waals surface area contributed by atoms with Gasteiger partial charge in [0, 0.05) is 0 Å². The van der Waals surface area contributed by atoms with Crippen molar-refractivity contribution in [3.8, 4) is 0 Å². The van der Waals surface area contributed by atoms with Crippen LogP contribution in [0.3, 0.4) is 0 Å². The Bertz CT molecular complexity index is 330. The Labute approximate surface area is 96.7 Å². The van der Waals surface area contributed by atoms with Gasteiger partial charge >= 0.3 is 0 Å². The Hall–Kier alpha value is -1.36. The maximum Gasteiger partial charge on any atom is 0.245 e. The Morgan fingerprint density at radius 1 is 1.44 bits per heavy atom. The van der Waals surface area contributed by atoms with E-state index in [2.05, 4.69) is 24.1 Å². The van der Waals surface area contributed by atoms with Crippen molar-refractivity contribution >= 4 is 5.91 Å². The van der Waals surface area contributed by atoms with E-state index in [0.717, 1.165) is 13.1 Å². The van der Waals surface area contributed by atoms with E-state index in [1.165, 1.54) is 0 Å². The van der Waals surface area contributed by atoms with Gasteiger partial charge in [0.25, 0.3) is 0 Å². The summed E-state index contributed by atoms with van der Waals surface area (Å²) in [5.74, 6) is 0.0695. The summed E-state index contributed by atoms with van der Waals surface area (Å²) in [5, 5.41) is 2.88. The number of likely N-dealkylation sites (N-methyl/N-ethyl adjacent to an activating group) is 1. The fourth-order valence-corrected chi connectivity index (χ4v) is 1.48. The third-order valence-corrected chi connectivity index (χ3v) is 2.54. The molecule has 1 rings (SSSR count). The van der Waals surface area contributed by atoms with Crippen LogP contribution in [0.5, 0.6) is 0 Å². The van der Waals surface area contributed by atoms with Gasteiger partial charge in [-0.15, -0.1) is 0 Å². The number of hydrogen-bond acceptors (Lipinski definition) is 2. The van der Waals surface area contributed by atoms with Gasteiger partial charge in [0.15, 0.2) is 6.67 Å². The molecule has 0 radical (unpaired) electrons. The lowest BCUT2D eigenvalue weighted by molar-refractivity contribution is -0.671. The van der Waals surface area contributed by atoms with Gasteiger partial charge in [-0.2, -0.15) is 0 Å². The Morgan fingerprint density at radius 2 is 2.12 bits per heavy atom. The molecule has 1 N–H and O–H groups in total. The summed E-state index contributed by atoms with van der Waals surface area (Å²) in [6.07, 6.45) is 5.80. The average Bonchev–Trinajstić information content (AvgIpc) is 2.69. The quantitative estimate of drug-likeness (QED) is 0.677. The van der Waals surface area contributed by atoms with Gasteiger partial charge in [-0.25, -0.2) is 9.13 Å². The van der Waals surface area contributed by atoms with Crippen LogP contribution in [-0.2, 0) is 18.5 Å². The monoisotopic (exact) mass is 225 g/mol. The first-order chi connectivity index (χ1) is 7.65. The van der Waals surface area contributed by atoms with Crippen molar-refractivity contribution in [2.24, 2.45) is 7.05 Å².